The van der Waals surface area contributed by atoms with E-state index in [0.717, 1.165) is 12.8 Å². The second-order valence-electron chi connectivity index (χ2n) is 5.36. The molecule has 108 valence electrons. The van der Waals surface area contributed by atoms with E-state index in [1.807, 2.05) is 0 Å². The summed E-state index contributed by atoms with van der Waals surface area (Å²) in [6.45, 7) is 0.832. The van der Waals surface area contributed by atoms with Crippen LogP contribution in [0.15, 0.2) is 11.0 Å². The normalized spacial score (nSPS) is 16.6. The molecule has 2 rings (SSSR count). The maximum Gasteiger partial charge on any atom is 0.292 e. The van der Waals surface area contributed by atoms with Gasteiger partial charge in [0.1, 0.15) is 12.2 Å². The van der Waals surface area contributed by atoms with Crippen LogP contribution in [0.1, 0.15) is 19.3 Å². The van der Waals surface area contributed by atoms with Crippen molar-refractivity contribution >= 4 is 17.3 Å². The first-order valence-corrected chi connectivity index (χ1v) is 6.98. The van der Waals surface area contributed by atoms with Crippen molar-refractivity contribution in [1.82, 2.24) is 14.7 Å². The van der Waals surface area contributed by atoms with E-state index in [2.05, 4.69) is 35.3 Å². The molecule has 1 aromatic rings. The Morgan fingerprint density at radius 2 is 2.30 bits per heavy atom. The van der Waals surface area contributed by atoms with Gasteiger partial charge < -0.3 is 10.2 Å². The predicted octanol–water partition coefficient (Wildman–Crippen LogP) is 1.43. The van der Waals surface area contributed by atoms with Gasteiger partial charge in [-0.2, -0.15) is 5.10 Å². The molecule has 20 heavy (non-hydrogen) atoms. The number of anilines is 1. The highest BCUT2D eigenvalue weighted by Gasteiger charge is 2.39. The van der Waals surface area contributed by atoms with Crippen LogP contribution in [0.3, 0.4) is 0 Å². The van der Waals surface area contributed by atoms with E-state index in [1.54, 1.807) is 0 Å². The molecule has 1 aliphatic rings. The first-order valence-electron chi connectivity index (χ1n) is 6.60. The van der Waals surface area contributed by atoms with E-state index in [9.17, 15) is 4.79 Å². The van der Waals surface area contributed by atoms with Crippen LogP contribution in [0.2, 0.25) is 5.02 Å². The van der Waals surface area contributed by atoms with Gasteiger partial charge in [-0.15, -0.1) is 6.42 Å². The van der Waals surface area contributed by atoms with Crippen LogP contribution in [0.4, 0.5) is 5.69 Å². The molecule has 0 amide bonds. The first-order chi connectivity index (χ1) is 9.50. The van der Waals surface area contributed by atoms with E-state index in [0.29, 0.717) is 17.3 Å². The zero-order valence-corrected chi connectivity index (χ0v) is 12.6. The third kappa shape index (κ3) is 2.67. The van der Waals surface area contributed by atoms with Gasteiger partial charge in [-0.25, -0.2) is 4.68 Å². The third-order valence-corrected chi connectivity index (χ3v) is 4.35. The summed E-state index contributed by atoms with van der Waals surface area (Å²) < 4.78 is 1.23. The Hall–Kier alpha value is -1.51. The summed E-state index contributed by atoms with van der Waals surface area (Å²) in [5.74, 6) is 2.41. The lowest BCUT2D eigenvalue weighted by molar-refractivity contribution is 0.0739. The summed E-state index contributed by atoms with van der Waals surface area (Å²) in [4.78, 5) is 14.4. The molecule has 0 saturated heterocycles. The molecule has 6 heteroatoms. The molecule has 0 atom stereocenters. The zero-order chi connectivity index (χ0) is 14.8. The van der Waals surface area contributed by atoms with E-state index < -0.39 is 0 Å². The molecular weight excluding hydrogens is 276 g/mol. The number of terminal acetylenes is 1. The average molecular weight is 295 g/mol. The molecule has 1 heterocycles. The van der Waals surface area contributed by atoms with Gasteiger partial charge in [0.15, 0.2) is 0 Å². The lowest BCUT2D eigenvalue weighted by Crippen LogP contribution is -2.55. The largest absolute Gasteiger partial charge is 0.377 e. The van der Waals surface area contributed by atoms with E-state index >= 15 is 0 Å². The van der Waals surface area contributed by atoms with Crippen molar-refractivity contribution in [3.05, 3.63) is 21.6 Å². The predicted molar refractivity (Wildman–Crippen MR) is 81.1 cm³/mol. The molecule has 0 radical (unpaired) electrons. The van der Waals surface area contributed by atoms with Crippen molar-refractivity contribution in [3.8, 4) is 12.3 Å². The lowest BCUT2D eigenvalue weighted by atomic mass is 9.75. The maximum atomic E-state index is 12.2. The van der Waals surface area contributed by atoms with Gasteiger partial charge in [0, 0.05) is 12.1 Å². The number of nitrogens with zero attached hydrogens (tertiary/aromatic N) is 3. The minimum atomic E-state index is -0.274. The Bertz CT molecular complexity index is 584. The highest BCUT2D eigenvalue weighted by molar-refractivity contribution is 6.33. The molecule has 1 saturated carbocycles. The van der Waals surface area contributed by atoms with E-state index in [4.69, 9.17) is 18.0 Å². The molecule has 1 aliphatic carbocycles. The van der Waals surface area contributed by atoms with Crippen molar-refractivity contribution < 1.29 is 0 Å². The SMILES string of the molecule is C#CCn1ncc(Cl)c(NCC2(N(C)C)CCC2)c1=O. The van der Waals surface area contributed by atoms with E-state index in [1.165, 1.54) is 17.3 Å². The van der Waals surface area contributed by atoms with Gasteiger partial charge >= 0.3 is 0 Å². The molecule has 5 nitrogen and oxygen atoms in total. The highest BCUT2D eigenvalue weighted by atomic mass is 35.5. The van der Waals surface area contributed by atoms with Crippen molar-refractivity contribution in [2.45, 2.75) is 31.3 Å². The maximum absolute atomic E-state index is 12.2. The number of halogens is 1. The van der Waals surface area contributed by atoms with E-state index in [-0.39, 0.29) is 17.6 Å². The van der Waals surface area contributed by atoms with Crippen LogP contribution in [0.25, 0.3) is 0 Å². The van der Waals surface area contributed by atoms with Crippen LogP contribution in [0.5, 0.6) is 0 Å². The summed E-state index contributed by atoms with van der Waals surface area (Å²) in [5.41, 5.74) is 0.212. The summed E-state index contributed by atoms with van der Waals surface area (Å²) in [6, 6.07) is 0. The van der Waals surface area contributed by atoms with Crippen LogP contribution in [0, 0.1) is 12.3 Å². The molecule has 1 fully saturated rings. The number of hydrogen-bond donors (Lipinski definition) is 1. The number of aromatic nitrogens is 2. The zero-order valence-electron chi connectivity index (χ0n) is 11.8. The molecule has 0 bridgehead atoms. The van der Waals surface area contributed by atoms with Crippen molar-refractivity contribution in [2.24, 2.45) is 0 Å². The molecule has 0 aromatic carbocycles. The molecule has 1 N–H and O–H groups in total. The smallest absolute Gasteiger partial charge is 0.292 e. The van der Waals surface area contributed by atoms with Crippen LogP contribution in [-0.4, -0.2) is 40.9 Å². The Balaban J connectivity index is 2.19. The molecular formula is C14H19ClN4O. The fourth-order valence-electron chi connectivity index (χ4n) is 2.45. The highest BCUT2D eigenvalue weighted by Crippen LogP contribution is 2.36. The average Bonchev–Trinajstić information content (AvgIpc) is 2.34. The minimum absolute atomic E-state index is 0.107. The second kappa shape index (κ2) is 5.86. The minimum Gasteiger partial charge on any atom is -0.377 e. The fourth-order valence-corrected chi connectivity index (χ4v) is 2.64. The summed E-state index contributed by atoms with van der Waals surface area (Å²) in [5, 5.41) is 7.44. The first kappa shape index (κ1) is 14.9. The Labute approximate surface area is 123 Å². The Morgan fingerprint density at radius 3 is 2.80 bits per heavy atom. The monoisotopic (exact) mass is 294 g/mol. The Kier molecular flexibility index (Phi) is 4.36. The third-order valence-electron chi connectivity index (χ3n) is 4.07. The standard InChI is InChI=1S/C14H19ClN4O/c1-4-8-19-13(20)12(11(15)9-17-19)16-10-14(18(2)3)6-5-7-14/h1,9,16H,5-8,10H2,2-3H3. The van der Waals surface area contributed by atoms with Crippen molar-refractivity contribution in [2.75, 3.05) is 26.0 Å². The molecule has 0 aliphatic heterocycles. The molecule has 1 aromatic heterocycles. The second-order valence-corrected chi connectivity index (χ2v) is 5.77. The van der Waals surface area contributed by atoms with Crippen molar-refractivity contribution in [1.29, 1.82) is 0 Å². The summed E-state index contributed by atoms with van der Waals surface area (Å²) in [7, 11) is 4.12. The molecule has 0 spiro atoms. The van der Waals surface area contributed by atoms with Gasteiger partial charge in [-0.1, -0.05) is 17.5 Å². The summed E-state index contributed by atoms with van der Waals surface area (Å²) in [6.07, 6.45) is 10.1. The van der Waals surface area contributed by atoms with Crippen LogP contribution < -0.4 is 10.9 Å². The van der Waals surface area contributed by atoms with Crippen LogP contribution in [-0.2, 0) is 6.54 Å². The van der Waals surface area contributed by atoms with Gasteiger partial charge in [-0.05, 0) is 33.4 Å². The molecule has 0 unspecified atom stereocenters. The number of nitrogens with one attached hydrogen (secondary N) is 1. The fraction of sp³-hybridized carbons (Fsp3) is 0.571. The van der Waals surface area contributed by atoms with Gasteiger partial charge in [0.25, 0.3) is 5.56 Å². The quantitative estimate of drug-likeness (QED) is 0.835. The van der Waals surface area contributed by atoms with Crippen molar-refractivity contribution in [3.63, 3.8) is 0 Å². The topological polar surface area (TPSA) is 50.2 Å². The van der Waals surface area contributed by atoms with Crippen LogP contribution >= 0.6 is 11.6 Å². The van der Waals surface area contributed by atoms with Gasteiger partial charge in [0.2, 0.25) is 0 Å². The van der Waals surface area contributed by atoms with Gasteiger partial charge in [0.05, 0.1) is 11.2 Å². The summed E-state index contributed by atoms with van der Waals surface area (Å²) >= 11 is 6.07. The number of rotatable bonds is 5. The van der Waals surface area contributed by atoms with Gasteiger partial charge in [-0.3, -0.25) is 4.79 Å². The lowest BCUT2D eigenvalue weighted by Gasteiger charge is -2.47. The number of hydrogen-bond acceptors (Lipinski definition) is 4. The number of likely N-dealkylation sites (N-methyl/N-ethyl adjacent to an activating group) is 1. The Morgan fingerprint density at radius 1 is 1.60 bits per heavy atom.